The van der Waals surface area contributed by atoms with Crippen LogP contribution in [0, 0.1) is 13.8 Å². The van der Waals surface area contributed by atoms with E-state index in [2.05, 4.69) is 35.9 Å². The van der Waals surface area contributed by atoms with Crippen molar-refractivity contribution in [3.63, 3.8) is 0 Å². The van der Waals surface area contributed by atoms with E-state index in [0.717, 1.165) is 6.42 Å². The molecule has 1 unspecified atom stereocenters. The Bertz CT molecular complexity index is 471. The van der Waals surface area contributed by atoms with Gasteiger partial charge >= 0.3 is 6.03 Å². The standard InChI is InChI=1S/C14H23N3O2S/c1-5-6-15-14(19)17-13(18)8-16-10(3)12-7-9(2)20-11(12)4/h7,10,16H,5-6,8H2,1-4H3,(H2,15,17,18,19). The van der Waals surface area contributed by atoms with Gasteiger partial charge in [0.2, 0.25) is 5.91 Å². The molecule has 0 aliphatic rings. The Morgan fingerprint density at radius 3 is 2.60 bits per heavy atom. The van der Waals surface area contributed by atoms with Crippen LogP contribution in [0.4, 0.5) is 4.79 Å². The number of imide groups is 1. The topological polar surface area (TPSA) is 70.2 Å². The Hall–Kier alpha value is -1.40. The van der Waals surface area contributed by atoms with Gasteiger partial charge in [-0.05, 0) is 38.8 Å². The fraction of sp³-hybridized carbons (Fsp3) is 0.571. The first-order valence-corrected chi connectivity index (χ1v) is 7.63. The van der Waals surface area contributed by atoms with Gasteiger partial charge in [-0.2, -0.15) is 0 Å². The van der Waals surface area contributed by atoms with Crippen LogP contribution in [0.5, 0.6) is 0 Å². The van der Waals surface area contributed by atoms with Gasteiger partial charge in [-0.3, -0.25) is 10.1 Å². The number of rotatable bonds is 6. The van der Waals surface area contributed by atoms with E-state index < -0.39 is 6.03 Å². The fourth-order valence-corrected chi connectivity index (χ4v) is 2.91. The van der Waals surface area contributed by atoms with Crippen molar-refractivity contribution < 1.29 is 9.59 Å². The van der Waals surface area contributed by atoms with Gasteiger partial charge in [0.05, 0.1) is 6.54 Å². The maximum Gasteiger partial charge on any atom is 0.321 e. The minimum atomic E-state index is -0.436. The SMILES string of the molecule is CCCNC(=O)NC(=O)CNC(C)c1cc(C)sc1C. The van der Waals surface area contributed by atoms with Gasteiger partial charge in [-0.25, -0.2) is 4.79 Å². The summed E-state index contributed by atoms with van der Waals surface area (Å²) in [5.41, 5.74) is 1.20. The summed E-state index contributed by atoms with van der Waals surface area (Å²) in [4.78, 5) is 25.4. The molecule has 3 amide bonds. The lowest BCUT2D eigenvalue weighted by Gasteiger charge is -2.13. The smallest absolute Gasteiger partial charge is 0.321 e. The first kappa shape index (κ1) is 16.7. The summed E-state index contributed by atoms with van der Waals surface area (Å²) in [6.45, 7) is 8.79. The van der Waals surface area contributed by atoms with Crippen LogP contribution in [0.3, 0.4) is 0 Å². The molecule has 0 saturated heterocycles. The van der Waals surface area contributed by atoms with Gasteiger partial charge in [0.1, 0.15) is 0 Å². The minimum Gasteiger partial charge on any atom is -0.338 e. The third-order valence-corrected chi connectivity index (χ3v) is 3.88. The highest BCUT2D eigenvalue weighted by Crippen LogP contribution is 2.25. The van der Waals surface area contributed by atoms with Gasteiger partial charge in [0.15, 0.2) is 0 Å². The number of hydrogen-bond acceptors (Lipinski definition) is 4. The average Bonchev–Trinajstić information content (AvgIpc) is 2.72. The lowest BCUT2D eigenvalue weighted by atomic mass is 10.1. The van der Waals surface area contributed by atoms with Crippen molar-refractivity contribution in [1.29, 1.82) is 0 Å². The van der Waals surface area contributed by atoms with Crippen LogP contribution >= 0.6 is 11.3 Å². The molecule has 1 aromatic heterocycles. The van der Waals surface area contributed by atoms with Crippen LogP contribution in [0.15, 0.2) is 6.07 Å². The molecule has 3 N–H and O–H groups in total. The molecule has 6 heteroatoms. The normalized spacial score (nSPS) is 12.0. The number of hydrogen-bond donors (Lipinski definition) is 3. The summed E-state index contributed by atoms with van der Waals surface area (Å²) in [5, 5.41) is 8.02. The zero-order valence-electron chi connectivity index (χ0n) is 12.5. The monoisotopic (exact) mass is 297 g/mol. The maximum absolute atomic E-state index is 11.6. The minimum absolute atomic E-state index is 0.0874. The van der Waals surface area contributed by atoms with Gasteiger partial charge in [0.25, 0.3) is 0 Å². The van der Waals surface area contributed by atoms with Crippen LogP contribution in [-0.2, 0) is 4.79 Å². The molecule has 1 atom stereocenters. The van der Waals surface area contributed by atoms with Crippen molar-refractivity contribution in [2.75, 3.05) is 13.1 Å². The zero-order chi connectivity index (χ0) is 15.1. The zero-order valence-corrected chi connectivity index (χ0v) is 13.3. The van der Waals surface area contributed by atoms with Gasteiger partial charge < -0.3 is 10.6 Å². The summed E-state index contributed by atoms with van der Waals surface area (Å²) in [6, 6.07) is 1.78. The molecule has 1 rings (SSSR count). The number of carbonyl (C=O) groups excluding carboxylic acids is 2. The number of carbonyl (C=O) groups is 2. The molecule has 0 aliphatic carbocycles. The average molecular weight is 297 g/mol. The molecule has 0 aliphatic heterocycles. The first-order valence-electron chi connectivity index (χ1n) is 6.82. The highest BCUT2D eigenvalue weighted by Gasteiger charge is 2.13. The third-order valence-electron chi connectivity index (χ3n) is 2.90. The van der Waals surface area contributed by atoms with Gasteiger partial charge in [-0.1, -0.05) is 6.92 Å². The van der Waals surface area contributed by atoms with E-state index in [0.29, 0.717) is 6.54 Å². The molecule has 5 nitrogen and oxygen atoms in total. The highest BCUT2D eigenvalue weighted by atomic mass is 32.1. The Balaban J connectivity index is 2.37. The van der Waals surface area contributed by atoms with E-state index >= 15 is 0 Å². The summed E-state index contributed by atoms with van der Waals surface area (Å²) < 4.78 is 0. The second-order valence-electron chi connectivity index (χ2n) is 4.78. The van der Waals surface area contributed by atoms with Crippen molar-refractivity contribution in [1.82, 2.24) is 16.0 Å². The van der Waals surface area contributed by atoms with Crippen LogP contribution in [0.1, 0.15) is 41.6 Å². The number of thiophene rings is 1. The molecule has 0 spiro atoms. The van der Waals surface area contributed by atoms with Crippen LogP contribution in [0.25, 0.3) is 0 Å². The Labute approximate surface area is 124 Å². The molecule has 1 heterocycles. The predicted molar refractivity (Wildman–Crippen MR) is 82.0 cm³/mol. The molecule has 0 bridgehead atoms. The Morgan fingerprint density at radius 2 is 2.05 bits per heavy atom. The Morgan fingerprint density at radius 1 is 1.35 bits per heavy atom. The lowest BCUT2D eigenvalue weighted by Crippen LogP contribution is -2.43. The molecule has 1 aromatic rings. The molecule has 112 valence electrons. The molecule has 0 saturated carbocycles. The van der Waals surface area contributed by atoms with Crippen molar-refractivity contribution in [2.24, 2.45) is 0 Å². The summed E-state index contributed by atoms with van der Waals surface area (Å²) in [7, 11) is 0. The predicted octanol–water partition coefficient (Wildman–Crippen LogP) is 2.25. The van der Waals surface area contributed by atoms with Crippen LogP contribution < -0.4 is 16.0 Å². The number of amides is 3. The van der Waals surface area contributed by atoms with E-state index in [1.54, 1.807) is 11.3 Å². The summed E-state index contributed by atoms with van der Waals surface area (Å²) in [5.74, 6) is -0.324. The van der Waals surface area contributed by atoms with Crippen LogP contribution in [-0.4, -0.2) is 25.0 Å². The van der Waals surface area contributed by atoms with E-state index in [1.165, 1.54) is 15.3 Å². The van der Waals surface area contributed by atoms with Crippen molar-refractivity contribution in [2.45, 2.75) is 40.2 Å². The molecular weight excluding hydrogens is 274 g/mol. The maximum atomic E-state index is 11.6. The highest BCUT2D eigenvalue weighted by molar-refractivity contribution is 7.12. The van der Waals surface area contributed by atoms with E-state index in [-0.39, 0.29) is 18.5 Å². The van der Waals surface area contributed by atoms with E-state index in [1.807, 2.05) is 13.8 Å². The second-order valence-corrected chi connectivity index (χ2v) is 6.24. The fourth-order valence-electron chi connectivity index (χ4n) is 1.89. The summed E-state index contributed by atoms with van der Waals surface area (Å²) in [6.07, 6.45) is 0.841. The lowest BCUT2D eigenvalue weighted by molar-refractivity contribution is -0.119. The molecule has 0 radical (unpaired) electrons. The van der Waals surface area contributed by atoms with Crippen molar-refractivity contribution in [3.8, 4) is 0 Å². The Kier molecular flexibility index (Phi) is 6.67. The molecule has 0 aromatic carbocycles. The largest absolute Gasteiger partial charge is 0.338 e. The van der Waals surface area contributed by atoms with Crippen molar-refractivity contribution in [3.05, 3.63) is 21.4 Å². The third kappa shape index (κ3) is 5.30. The number of nitrogens with one attached hydrogen (secondary N) is 3. The van der Waals surface area contributed by atoms with E-state index in [4.69, 9.17) is 0 Å². The first-order chi connectivity index (χ1) is 9.43. The molecule has 0 fully saturated rings. The number of aryl methyl sites for hydroxylation is 2. The molecule has 20 heavy (non-hydrogen) atoms. The van der Waals surface area contributed by atoms with Crippen molar-refractivity contribution >= 4 is 23.3 Å². The molecular formula is C14H23N3O2S. The van der Waals surface area contributed by atoms with E-state index in [9.17, 15) is 9.59 Å². The number of urea groups is 1. The van der Waals surface area contributed by atoms with Gasteiger partial charge in [-0.15, -0.1) is 11.3 Å². The quantitative estimate of drug-likeness (QED) is 0.754. The summed E-state index contributed by atoms with van der Waals surface area (Å²) >= 11 is 1.75. The van der Waals surface area contributed by atoms with Gasteiger partial charge in [0, 0.05) is 22.3 Å². The van der Waals surface area contributed by atoms with Crippen LogP contribution in [0.2, 0.25) is 0 Å². The second kappa shape index (κ2) is 8.01.